The monoisotopic (exact) mass is 340 g/mol. The summed E-state index contributed by atoms with van der Waals surface area (Å²) >= 11 is 5.54. The van der Waals surface area contributed by atoms with Gasteiger partial charge < -0.3 is 0 Å². The first-order valence-corrected chi connectivity index (χ1v) is 4.91. The largest absolute Gasteiger partial charge is 0.503 e. The van der Waals surface area contributed by atoms with Crippen LogP contribution >= 0.6 is 42.7 Å². The molecule has 0 radical (unpaired) electrons. The van der Waals surface area contributed by atoms with E-state index in [0.29, 0.717) is 0 Å². The highest BCUT2D eigenvalue weighted by Gasteiger charge is 2.35. The van der Waals surface area contributed by atoms with Crippen LogP contribution < -0.4 is 0 Å². The highest BCUT2D eigenvalue weighted by atomic mass is 127. The van der Waals surface area contributed by atoms with E-state index in [1.165, 1.54) is 0 Å². The molecule has 2 atom stereocenters. The van der Waals surface area contributed by atoms with Gasteiger partial charge in [-0.3, -0.25) is 0 Å². The SMILES string of the molecule is O=P(OCl)(OI)OC(F)C(F)F. The summed E-state index contributed by atoms with van der Waals surface area (Å²) < 4.78 is 56.6. The molecular formula is C2H2ClF3IO4P. The van der Waals surface area contributed by atoms with Gasteiger partial charge in [0.25, 0.3) is 12.8 Å². The molecule has 0 aliphatic heterocycles. The molecule has 0 aliphatic rings. The van der Waals surface area contributed by atoms with Crippen LogP contribution in [0.2, 0.25) is 0 Å². The van der Waals surface area contributed by atoms with Crippen molar-refractivity contribution in [3.63, 3.8) is 0 Å². The van der Waals surface area contributed by atoms with Crippen LogP contribution in [0.25, 0.3) is 0 Å². The minimum Gasteiger partial charge on any atom is -0.244 e. The molecule has 10 heteroatoms. The second-order valence-corrected chi connectivity index (χ2v) is 4.35. The lowest BCUT2D eigenvalue weighted by Gasteiger charge is -2.12. The Kier molecular flexibility index (Phi) is 6.04. The van der Waals surface area contributed by atoms with Crippen LogP contribution in [0.1, 0.15) is 0 Å². The summed E-state index contributed by atoms with van der Waals surface area (Å²) in [5.41, 5.74) is 0. The zero-order valence-corrected chi connectivity index (χ0v) is 8.93. The maximum absolute atomic E-state index is 12.0. The molecule has 0 aromatic heterocycles. The Morgan fingerprint density at radius 3 is 2.17 bits per heavy atom. The van der Waals surface area contributed by atoms with Crippen molar-refractivity contribution >= 4 is 42.7 Å². The maximum atomic E-state index is 12.0. The molecule has 0 aromatic rings. The van der Waals surface area contributed by atoms with Gasteiger partial charge in [0, 0.05) is 0 Å². The maximum Gasteiger partial charge on any atom is 0.503 e. The van der Waals surface area contributed by atoms with E-state index in [2.05, 4.69) is 23.3 Å². The standard InChI is InChI=1S/C2H2ClF3IO4P/c3-10-12(8,11-7)9-2(6)1(4)5/h1-2H. The zero-order chi connectivity index (χ0) is 9.78. The molecular weight excluding hydrogens is 338 g/mol. The molecule has 0 aromatic carbocycles. The first-order chi connectivity index (χ1) is 5.45. The summed E-state index contributed by atoms with van der Waals surface area (Å²) in [5.74, 6) is 0. The summed E-state index contributed by atoms with van der Waals surface area (Å²) in [6, 6.07) is 0. The molecule has 0 fully saturated rings. The summed E-state index contributed by atoms with van der Waals surface area (Å²) in [7, 11) is -4.39. The first-order valence-electron chi connectivity index (χ1n) is 2.26. The zero-order valence-electron chi connectivity index (χ0n) is 5.12. The minimum atomic E-state index is -4.39. The molecule has 2 unspecified atom stereocenters. The van der Waals surface area contributed by atoms with Gasteiger partial charge >= 0.3 is 7.82 Å². The summed E-state index contributed by atoms with van der Waals surface area (Å²) in [4.78, 5) is 0. The summed E-state index contributed by atoms with van der Waals surface area (Å²) in [5, 5.41) is 0. The third-order valence-electron chi connectivity index (χ3n) is 0.597. The number of halogens is 5. The number of hydrogen-bond acceptors (Lipinski definition) is 4. The Morgan fingerprint density at radius 1 is 1.42 bits per heavy atom. The van der Waals surface area contributed by atoms with E-state index >= 15 is 0 Å². The van der Waals surface area contributed by atoms with Crippen molar-refractivity contribution in [2.45, 2.75) is 12.8 Å². The number of rotatable bonds is 5. The number of alkyl halides is 3. The fourth-order valence-electron chi connectivity index (χ4n) is 0.213. The molecule has 0 saturated carbocycles. The van der Waals surface area contributed by atoms with E-state index < -0.39 is 20.6 Å². The van der Waals surface area contributed by atoms with E-state index in [0.717, 1.165) is 23.0 Å². The van der Waals surface area contributed by atoms with Gasteiger partial charge in [-0.25, -0.2) is 25.1 Å². The van der Waals surface area contributed by atoms with Crippen molar-refractivity contribution in [1.29, 1.82) is 0 Å². The first kappa shape index (κ1) is 12.9. The molecule has 74 valence electrons. The van der Waals surface area contributed by atoms with E-state index in [-0.39, 0.29) is 0 Å². The van der Waals surface area contributed by atoms with Gasteiger partial charge in [-0.15, -0.1) is 0 Å². The van der Waals surface area contributed by atoms with Gasteiger partial charge in [0.1, 0.15) is 23.0 Å². The van der Waals surface area contributed by atoms with Crippen molar-refractivity contribution in [2.24, 2.45) is 0 Å². The number of phosphoric acid groups is 1. The third kappa shape index (κ3) is 4.24. The molecule has 0 heterocycles. The van der Waals surface area contributed by atoms with Gasteiger partial charge in [-0.1, -0.05) is 0 Å². The second kappa shape index (κ2) is 5.61. The lowest BCUT2D eigenvalue weighted by Crippen LogP contribution is -2.14. The van der Waals surface area contributed by atoms with Crippen molar-refractivity contribution in [3.05, 3.63) is 0 Å². The Hall–Kier alpha value is 0.920. The van der Waals surface area contributed by atoms with Crippen LogP contribution in [-0.2, 0) is 16.0 Å². The van der Waals surface area contributed by atoms with Crippen LogP contribution in [0.4, 0.5) is 13.2 Å². The summed E-state index contributed by atoms with van der Waals surface area (Å²) in [6.45, 7) is 0. The molecule has 12 heavy (non-hydrogen) atoms. The van der Waals surface area contributed by atoms with Gasteiger partial charge in [-0.05, 0) is 0 Å². The molecule has 0 rings (SSSR count). The predicted molar refractivity (Wildman–Crippen MR) is 41.6 cm³/mol. The highest BCUT2D eigenvalue weighted by molar-refractivity contribution is 14.1. The molecule has 0 saturated heterocycles. The predicted octanol–water partition coefficient (Wildman–Crippen LogP) is 3.21. The van der Waals surface area contributed by atoms with Crippen LogP contribution in [0.3, 0.4) is 0 Å². The lowest BCUT2D eigenvalue weighted by atomic mass is 10.7. The van der Waals surface area contributed by atoms with Crippen molar-refractivity contribution < 1.29 is 29.2 Å². The van der Waals surface area contributed by atoms with Gasteiger partial charge in [0.05, 0.1) is 11.9 Å². The van der Waals surface area contributed by atoms with Gasteiger partial charge in [0.2, 0.25) is 0 Å². The average molecular weight is 340 g/mol. The van der Waals surface area contributed by atoms with Crippen molar-refractivity contribution in [3.8, 4) is 0 Å². The highest BCUT2D eigenvalue weighted by Crippen LogP contribution is 2.54. The molecule has 4 nitrogen and oxygen atoms in total. The smallest absolute Gasteiger partial charge is 0.244 e. The normalized spacial score (nSPS) is 19.2. The Labute approximate surface area is 84.8 Å². The van der Waals surface area contributed by atoms with Crippen molar-refractivity contribution in [1.82, 2.24) is 0 Å². The molecule has 0 N–H and O–H groups in total. The van der Waals surface area contributed by atoms with Crippen LogP contribution in [-0.4, -0.2) is 12.8 Å². The minimum absolute atomic E-state index is 1.01. The van der Waals surface area contributed by atoms with Crippen LogP contribution in [0, 0.1) is 0 Å². The fourth-order valence-corrected chi connectivity index (χ4v) is 1.62. The van der Waals surface area contributed by atoms with E-state index in [9.17, 15) is 17.7 Å². The number of hydrogen-bond donors (Lipinski definition) is 0. The van der Waals surface area contributed by atoms with Crippen molar-refractivity contribution in [2.75, 3.05) is 0 Å². The van der Waals surface area contributed by atoms with Crippen LogP contribution in [0.15, 0.2) is 0 Å². The van der Waals surface area contributed by atoms with E-state index in [1.54, 1.807) is 0 Å². The van der Waals surface area contributed by atoms with E-state index in [1.807, 2.05) is 0 Å². The Balaban J connectivity index is 4.12. The molecule has 0 bridgehead atoms. The van der Waals surface area contributed by atoms with Gasteiger partial charge in [0.15, 0.2) is 0 Å². The summed E-state index contributed by atoms with van der Waals surface area (Å²) in [6.07, 6.45) is -6.51. The average Bonchev–Trinajstić information content (AvgIpc) is 2.04. The third-order valence-corrected chi connectivity index (χ3v) is 3.35. The van der Waals surface area contributed by atoms with E-state index in [4.69, 9.17) is 0 Å². The molecule has 0 amide bonds. The Bertz CT molecular complexity index is 174. The quantitative estimate of drug-likeness (QED) is 0.569. The fraction of sp³-hybridized carbons (Fsp3) is 1.00. The second-order valence-electron chi connectivity index (χ2n) is 1.38. The molecule has 0 aliphatic carbocycles. The Morgan fingerprint density at radius 2 is 1.92 bits per heavy atom. The van der Waals surface area contributed by atoms with Gasteiger partial charge in [-0.2, -0.15) is 4.08 Å². The topological polar surface area (TPSA) is 44.8 Å². The molecule has 0 spiro atoms. The van der Waals surface area contributed by atoms with Crippen LogP contribution in [0.5, 0.6) is 0 Å². The lowest BCUT2D eigenvalue weighted by molar-refractivity contribution is -0.0755.